The molecule has 2 aromatic rings. The number of alkyl halides is 1. The maximum atomic E-state index is 14.2. The van der Waals surface area contributed by atoms with Gasteiger partial charge >= 0.3 is 6.09 Å². The number of amides is 2. The van der Waals surface area contributed by atoms with Crippen LogP contribution in [0, 0.1) is 5.95 Å². The second-order valence-corrected chi connectivity index (χ2v) is 9.20. The Labute approximate surface area is 188 Å². The van der Waals surface area contributed by atoms with Crippen molar-refractivity contribution in [2.24, 2.45) is 0 Å². The number of aromatic nitrogens is 1. The molecule has 1 saturated heterocycles. The lowest BCUT2D eigenvalue weighted by molar-refractivity contribution is -0.126. The second kappa shape index (κ2) is 9.30. The number of halogens is 3. The number of hydrogen-bond acceptors (Lipinski definition) is 4. The van der Waals surface area contributed by atoms with Crippen LogP contribution in [-0.2, 0) is 9.53 Å². The van der Waals surface area contributed by atoms with Crippen LogP contribution < -0.4 is 5.32 Å². The first-order valence-electron chi connectivity index (χ1n) is 9.86. The number of benzene rings is 1. The molecule has 1 aliphatic heterocycles. The quantitative estimate of drug-likeness (QED) is 0.632. The van der Waals surface area contributed by atoms with Gasteiger partial charge in [-0.3, -0.25) is 9.69 Å². The maximum absolute atomic E-state index is 14.2. The zero-order chi connectivity index (χ0) is 22.8. The Hall–Kier alpha value is -2.55. The third-order valence-corrected chi connectivity index (χ3v) is 5.31. The van der Waals surface area contributed by atoms with Crippen molar-refractivity contribution in [2.45, 2.75) is 51.0 Å². The van der Waals surface area contributed by atoms with Crippen LogP contribution in [0.3, 0.4) is 0 Å². The number of ether oxygens (including phenoxy) is 1. The van der Waals surface area contributed by atoms with Gasteiger partial charge in [-0.2, -0.15) is 4.39 Å². The van der Waals surface area contributed by atoms with E-state index in [2.05, 4.69) is 26.2 Å². The second-order valence-electron chi connectivity index (χ2n) is 8.34. The summed E-state index contributed by atoms with van der Waals surface area (Å²) >= 11 is 3.07. The van der Waals surface area contributed by atoms with E-state index in [4.69, 9.17) is 4.74 Å². The molecule has 6 nitrogen and oxygen atoms in total. The molecule has 0 aliphatic carbocycles. The van der Waals surface area contributed by atoms with Crippen molar-refractivity contribution in [3.05, 3.63) is 64.1 Å². The Kier molecular flexibility index (Phi) is 6.93. The monoisotopic (exact) mass is 495 g/mol. The van der Waals surface area contributed by atoms with E-state index in [1.54, 1.807) is 51.1 Å². The molecule has 1 aromatic carbocycles. The Balaban J connectivity index is 1.87. The number of likely N-dealkylation sites (tertiary alicyclic amines) is 1. The van der Waals surface area contributed by atoms with E-state index < -0.39 is 41.8 Å². The number of nitrogens with zero attached hydrogens (tertiary/aromatic N) is 2. The normalized spacial score (nSPS) is 19.7. The minimum absolute atomic E-state index is 0.144. The summed E-state index contributed by atoms with van der Waals surface area (Å²) < 4.78 is 33.8. The van der Waals surface area contributed by atoms with Crippen molar-refractivity contribution in [1.29, 1.82) is 0 Å². The molecule has 0 saturated carbocycles. The molecule has 1 aromatic heterocycles. The van der Waals surface area contributed by atoms with Crippen LogP contribution in [0.25, 0.3) is 0 Å². The average Bonchev–Trinajstić information content (AvgIpc) is 3.10. The zero-order valence-corrected chi connectivity index (χ0v) is 19.0. The van der Waals surface area contributed by atoms with Gasteiger partial charge < -0.3 is 10.1 Å². The molecule has 2 amide bonds. The van der Waals surface area contributed by atoms with E-state index in [0.29, 0.717) is 5.56 Å². The summed E-state index contributed by atoms with van der Waals surface area (Å²) in [6.45, 7) is 4.86. The highest BCUT2D eigenvalue weighted by atomic mass is 79.9. The minimum atomic E-state index is -1.35. The number of rotatable bonds is 4. The highest BCUT2D eigenvalue weighted by Gasteiger charge is 2.42. The summed E-state index contributed by atoms with van der Waals surface area (Å²) in [5, 5.41) is 2.81. The molecule has 2 heterocycles. The van der Waals surface area contributed by atoms with Crippen molar-refractivity contribution in [3.8, 4) is 0 Å². The molecule has 3 atom stereocenters. The highest BCUT2D eigenvalue weighted by molar-refractivity contribution is 9.10. The molecule has 1 N–H and O–H groups in total. The van der Waals surface area contributed by atoms with Gasteiger partial charge in [-0.15, -0.1) is 0 Å². The SMILES string of the molecule is CC(C)(C)OC(=O)N1CC(F)C[C@@H]1C(=O)NC(c1ccccc1)c1ccc(Br)c(F)n1. The van der Waals surface area contributed by atoms with Gasteiger partial charge in [0, 0.05) is 6.42 Å². The molecule has 1 aliphatic rings. The zero-order valence-electron chi connectivity index (χ0n) is 17.4. The van der Waals surface area contributed by atoms with E-state index in [0.717, 1.165) is 4.90 Å². The fourth-order valence-electron chi connectivity index (χ4n) is 3.36. The summed E-state index contributed by atoms with van der Waals surface area (Å²) in [5.41, 5.74) is 0.167. The lowest BCUT2D eigenvalue weighted by Gasteiger charge is -2.29. The lowest BCUT2D eigenvalue weighted by Crippen LogP contribution is -2.48. The molecular weight excluding hydrogens is 472 g/mol. The topological polar surface area (TPSA) is 71.5 Å². The van der Waals surface area contributed by atoms with Crippen molar-refractivity contribution >= 4 is 27.9 Å². The summed E-state index contributed by atoms with van der Waals surface area (Å²) in [6.07, 6.45) is -2.24. The van der Waals surface area contributed by atoms with Crippen LogP contribution in [0.5, 0.6) is 0 Å². The summed E-state index contributed by atoms with van der Waals surface area (Å²) in [7, 11) is 0. The van der Waals surface area contributed by atoms with Crippen molar-refractivity contribution < 1.29 is 23.1 Å². The molecule has 31 heavy (non-hydrogen) atoms. The van der Waals surface area contributed by atoms with Gasteiger partial charge in [-0.1, -0.05) is 30.3 Å². The van der Waals surface area contributed by atoms with Crippen molar-refractivity contribution in [2.75, 3.05) is 6.54 Å². The minimum Gasteiger partial charge on any atom is -0.444 e. The van der Waals surface area contributed by atoms with Gasteiger partial charge in [0.25, 0.3) is 0 Å². The van der Waals surface area contributed by atoms with Crippen LogP contribution in [0.2, 0.25) is 0 Å². The molecule has 3 rings (SSSR count). The molecule has 0 bridgehead atoms. The third kappa shape index (κ3) is 5.78. The number of pyridine rings is 1. The van der Waals surface area contributed by atoms with Crippen molar-refractivity contribution in [3.63, 3.8) is 0 Å². The Morgan fingerprint density at radius 3 is 2.52 bits per heavy atom. The first-order valence-corrected chi connectivity index (χ1v) is 10.7. The van der Waals surface area contributed by atoms with Gasteiger partial charge in [0.1, 0.15) is 17.8 Å². The maximum Gasteiger partial charge on any atom is 0.411 e. The van der Waals surface area contributed by atoms with Crippen molar-refractivity contribution in [1.82, 2.24) is 15.2 Å². The Morgan fingerprint density at radius 1 is 1.23 bits per heavy atom. The van der Waals surface area contributed by atoms with Gasteiger partial charge in [0.2, 0.25) is 11.9 Å². The molecule has 2 unspecified atom stereocenters. The predicted octanol–water partition coefficient (Wildman–Crippen LogP) is 4.54. The van der Waals surface area contributed by atoms with E-state index in [1.165, 1.54) is 6.07 Å². The largest absolute Gasteiger partial charge is 0.444 e. The highest BCUT2D eigenvalue weighted by Crippen LogP contribution is 2.27. The molecule has 9 heteroatoms. The lowest BCUT2D eigenvalue weighted by atomic mass is 10.0. The molecule has 0 radical (unpaired) electrons. The summed E-state index contributed by atoms with van der Waals surface area (Å²) in [4.78, 5) is 30.7. The molecule has 0 spiro atoms. The van der Waals surface area contributed by atoms with Crippen LogP contribution in [0.4, 0.5) is 13.6 Å². The first kappa shape index (κ1) is 23.1. The van der Waals surface area contributed by atoms with E-state index in [9.17, 15) is 18.4 Å². The first-order chi connectivity index (χ1) is 14.5. The van der Waals surface area contributed by atoms with E-state index >= 15 is 0 Å². The summed E-state index contributed by atoms with van der Waals surface area (Å²) in [6, 6.07) is 10.2. The molecular formula is C22H24BrF2N3O3. The van der Waals surface area contributed by atoms with Crippen LogP contribution in [-0.4, -0.2) is 46.2 Å². The Morgan fingerprint density at radius 2 is 1.90 bits per heavy atom. The Bertz CT molecular complexity index is 953. The average molecular weight is 496 g/mol. The van der Waals surface area contributed by atoms with E-state index in [1.807, 2.05) is 6.07 Å². The fourth-order valence-corrected chi connectivity index (χ4v) is 3.58. The van der Waals surface area contributed by atoms with E-state index in [-0.39, 0.29) is 23.1 Å². The number of carbonyl (C=O) groups is 2. The van der Waals surface area contributed by atoms with Crippen LogP contribution in [0.15, 0.2) is 46.9 Å². The van der Waals surface area contributed by atoms with Gasteiger partial charge in [0.05, 0.1) is 22.8 Å². The van der Waals surface area contributed by atoms with Gasteiger partial charge in [0.15, 0.2) is 0 Å². The van der Waals surface area contributed by atoms with Gasteiger partial charge in [-0.25, -0.2) is 14.2 Å². The number of carbonyl (C=O) groups excluding carboxylic acids is 2. The number of hydrogen-bond donors (Lipinski definition) is 1. The summed E-state index contributed by atoms with van der Waals surface area (Å²) in [5.74, 6) is -1.28. The number of nitrogens with one attached hydrogen (secondary N) is 1. The molecule has 1 fully saturated rings. The predicted molar refractivity (Wildman–Crippen MR) is 115 cm³/mol. The smallest absolute Gasteiger partial charge is 0.411 e. The van der Waals surface area contributed by atoms with Gasteiger partial charge in [-0.05, 0) is 54.4 Å². The standard InChI is InChI=1S/C22H24BrF2N3O3/c1-22(2,3)31-21(30)28-12-14(24)11-17(28)20(29)27-18(13-7-5-4-6-8-13)16-10-9-15(23)19(25)26-16/h4-10,14,17-18H,11-12H2,1-3H3,(H,27,29)/t14?,17-,18?/m1/s1. The fraction of sp³-hybridized carbons (Fsp3) is 0.409. The van der Waals surface area contributed by atoms with Crippen LogP contribution in [0.1, 0.15) is 44.5 Å². The third-order valence-electron chi connectivity index (χ3n) is 4.72. The van der Waals surface area contributed by atoms with Crippen LogP contribution >= 0.6 is 15.9 Å². The molecule has 166 valence electrons.